The van der Waals surface area contributed by atoms with Crippen LogP contribution in [0.5, 0.6) is 0 Å². The molecule has 0 aliphatic heterocycles. The molecule has 0 aromatic rings. The summed E-state index contributed by atoms with van der Waals surface area (Å²) in [5.74, 6) is 0. The van der Waals surface area contributed by atoms with E-state index in [9.17, 15) is 5.11 Å². The van der Waals surface area contributed by atoms with Crippen LogP contribution >= 0.6 is 0 Å². The Hall–Kier alpha value is -0.200. The highest BCUT2D eigenvalue weighted by Crippen LogP contribution is 2.11. The topological polar surface area (TPSA) is 73.9 Å². The molecule has 0 amide bonds. The molecule has 2 unspecified atom stereocenters. The van der Waals surface area contributed by atoms with Crippen molar-refractivity contribution in [1.29, 1.82) is 0 Å². The van der Waals surface area contributed by atoms with Gasteiger partial charge in [-0.2, -0.15) is 0 Å². The summed E-state index contributed by atoms with van der Waals surface area (Å²) in [4.78, 5) is 0. The lowest BCUT2D eigenvalue weighted by molar-refractivity contribution is -0.0617. The van der Waals surface area contributed by atoms with Gasteiger partial charge in [0, 0.05) is 12.6 Å². The smallest absolute Gasteiger partial charge is 0.101 e. The van der Waals surface area contributed by atoms with Gasteiger partial charge in [-0.05, 0) is 19.8 Å². The molecule has 5 nitrogen and oxygen atoms in total. The number of nitrogens with two attached hydrogens (primary N) is 1. The molecule has 0 aromatic carbocycles. The average molecular weight is 263 g/mol. The van der Waals surface area contributed by atoms with Crippen LogP contribution in [0.2, 0.25) is 0 Å². The standard InChI is InChI=1S/C13H29NO4/c1-5-13(14,6-2)10-17-8-12(15)9-18-11(3)7-16-4/h11-12,15H,5-10,14H2,1-4H3. The first-order valence-corrected chi connectivity index (χ1v) is 6.62. The molecule has 110 valence electrons. The van der Waals surface area contributed by atoms with Crippen molar-refractivity contribution in [2.75, 3.05) is 33.5 Å². The summed E-state index contributed by atoms with van der Waals surface area (Å²) in [5.41, 5.74) is 5.80. The van der Waals surface area contributed by atoms with Crippen molar-refractivity contribution in [3.05, 3.63) is 0 Å². The Kier molecular flexibility index (Phi) is 9.59. The van der Waals surface area contributed by atoms with E-state index in [0.29, 0.717) is 13.2 Å². The second-order valence-electron chi connectivity index (χ2n) is 4.84. The van der Waals surface area contributed by atoms with E-state index < -0.39 is 6.10 Å². The highest BCUT2D eigenvalue weighted by Gasteiger charge is 2.20. The minimum absolute atomic E-state index is 0.0236. The number of hydrogen-bond donors (Lipinski definition) is 2. The third-order valence-corrected chi connectivity index (χ3v) is 3.08. The first-order chi connectivity index (χ1) is 8.47. The Morgan fingerprint density at radius 2 is 1.78 bits per heavy atom. The van der Waals surface area contributed by atoms with Gasteiger partial charge in [0.15, 0.2) is 0 Å². The predicted octanol–water partition coefficient (Wildman–Crippen LogP) is 0.933. The van der Waals surface area contributed by atoms with Crippen molar-refractivity contribution in [2.24, 2.45) is 5.73 Å². The summed E-state index contributed by atoms with van der Waals surface area (Å²) in [6, 6.07) is 0. The van der Waals surface area contributed by atoms with E-state index in [4.69, 9.17) is 19.9 Å². The molecule has 0 heterocycles. The van der Waals surface area contributed by atoms with Crippen LogP contribution < -0.4 is 5.73 Å². The van der Waals surface area contributed by atoms with Gasteiger partial charge in [-0.15, -0.1) is 0 Å². The number of methoxy groups -OCH3 is 1. The van der Waals surface area contributed by atoms with Crippen molar-refractivity contribution in [1.82, 2.24) is 0 Å². The summed E-state index contributed by atoms with van der Waals surface area (Å²) < 4.78 is 15.8. The zero-order valence-electron chi connectivity index (χ0n) is 12.1. The Labute approximate surface area is 111 Å². The molecule has 0 aliphatic carbocycles. The summed E-state index contributed by atoms with van der Waals surface area (Å²) in [6.45, 7) is 7.46. The van der Waals surface area contributed by atoms with Crippen LogP contribution in [-0.2, 0) is 14.2 Å². The predicted molar refractivity (Wildman–Crippen MR) is 71.6 cm³/mol. The van der Waals surface area contributed by atoms with Crippen LogP contribution in [-0.4, -0.2) is 56.4 Å². The van der Waals surface area contributed by atoms with Crippen LogP contribution in [0.3, 0.4) is 0 Å². The van der Waals surface area contributed by atoms with Gasteiger partial charge in [0.25, 0.3) is 0 Å². The molecule has 0 spiro atoms. The highest BCUT2D eigenvalue weighted by molar-refractivity contribution is 4.80. The van der Waals surface area contributed by atoms with Gasteiger partial charge in [-0.25, -0.2) is 0 Å². The number of aliphatic hydroxyl groups is 1. The normalized spacial score (nSPS) is 15.7. The third-order valence-electron chi connectivity index (χ3n) is 3.08. The van der Waals surface area contributed by atoms with Crippen molar-refractivity contribution in [3.8, 4) is 0 Å². The number of hydrogen-bond acceptors (Lipinski definition) is 5. The highest BCUT2D eigenvalue weighted by atomic mass is 16.5. The molecule has 0 aromatic heterocycles. The first-order valence-electron chi connectivity index (χ1n) is 6.62. The van der Waals surface area contributed by atoms with E-state index in [0.717, 1.165) is 12.8 Å². The van der Waals surface area contributed by atoms with E-state index in [2.05, 4.69) is 0 Å². The second kappa shape index (κ2) is 9.69. The molecular weight excluding hydrogens is 234 g/mol. The van der Waals surface area contributed by atoms with Crippen molar-refractivity contribution < 1.29 is 19.3 Å². The average Bonchev–Trinajstić information content (AvgIpc) is 2.36. The minimum atomic E-state index is -0.623. The lowest BCUT2D eigenvalue weighted by Crippen LogP contribution is -2.44. The molecule has 0 bridgehead atoms. The SMILES string of the molecule is CCC(N)(CC)COCC(O)COC(C)COC. The van der Waals surface area contributed by atoms with Gasteiger partial charge >= 0.3 is 0 Å². The fraction of sp³-hybridized carbons (Fsp3) is 1.00. The van der Waals surface area contributed by atoms with E-state index >= 15 is 0 Å². The van der Waals surface area contributed by atoms with Gasteiger partial charge in [0.05, 0.1) is 32.5 Å². The van der Waals surface area contributed by atoms with Gasteiger partial charge < -0.3 is 25.1 Å². The van der Waals surface area contributed by atoms with Crippen LogP contribution in [0.4, 0.5) is 0 Å². The van der Waals surface area contributed by atoms with E-state index in [1.54, 1.807) is 7.11 Å². The number of aliphatic hydroxyl groups excluding tert-OH is 1. The van der Waals surface area contributed by atoms with Crippen LogP contribution in [0.15, 0.2) is 0 Å². The Balaban J connectivity index is 3.67. The lowest BCUT2D eigenvalue weighted by Gasteiger charge is -2.27. The van der Waals surface area contributed by atoms with Gasteiger partial charge in [-0.3, -0.25) is 0 Å². The Morgan fingerprint density at radius 3 is 2.28 bits per heavy atom. The molecule has 0 radical (unpaired) electrons. The van der Waals surface area contributed by atoms with Crippen LogP contribution in [0, 0.1) is 0 Å². The maximum atomic E-state index is 9.68. The van der Waals surface area contributed by atoms with Gasteiger partial charge in [0.2, 0.25) is 0 Å². The summed E-state index contributed by atoms with van der Waals surface area (Å²) in [7, 11) is 1.62. The zero-order chi connectivity index (χ0) is 14.0. The second-order valence-corrected chi connectivity index (χ2v) is 4.84. The fourth-order valence-electron chi connectivity index (χ4n) is 1.46. The molecule has 0 saturated carbocycles. The molecule has 0 aliphatic rings. The van der Waals surface area contributed by atoms with E-state index in [1.165, 1.54) is 0 Å². The zero-order valence-corrected chi connectivity index (χ0v) is 12.1. The molecule has 5 heteroatoms. The number of ether oxygens (including phenoxy) is 3. The summed E-state index contributed by atoms with van der Waals surface area (Å²) in [6.07, 6.45) is 1.08. The molecule has 0 rings (SSSR count). The maximum absolute atomic E-state index is 9.68. The third kappa shape index (κ3) is 8.00. The van der Waals surface area contributed by atoms with E-state index in [1.807, 2.05) is 20.8 Å². The van der Waals surface area contributed by atoms with Crippen LogP contribution in [0.25, 0.3) is 0 Å². The summed E-state index contributed by atoms with van der Waals surface area (Å²) >= 11 is 0. The Bertz CT molecular complexity index is 197. The number of rotatable bonds is 11. The molecular formula is C13H29NO4. The van der Waals surface area contributed by atoms with Crippen molar-refractivity contribution in [3.63, 3.8) is 0 Å². The van der Waals surface area contributed by atoms with Crippen LogP contribution in [0.1, 0.15) is 33.6 Å². The summed E-state index contributed by atoms with van der Waals surface area (Å²) in [5, 5.41) is 9.68. The molecule has 3 N–H and O–H groups in total. The lowest BCUT2D eigenvalue weighted by atomic mass is 9.96. The Morgan fingerprint density at radius 1 is 1.17 bits per heavy atom. The quantitative estimate of drug-likeness (QED) is 0.580. The van der Waals surface area contributed by atoms with Gasteiger partial charge in [0.1, 0.15) is 6.10 Å². The first kappa shape index (κ1) is 17.8. The van der Waals surface area contributed by atoms with E-state index in [-0.39, 0.29) is 24.9 Å². The molecule has 2 atom stereocenters. The van der Waals surface area contributed by atoms with Crippen molar-refractivity contribution in [2.45, 2.75) is 51.4 Å². The minimum Gasteiger partial charge on any atom is -0.388 e. The maximum Gasteiger partial charge on any atom is 0.101 e. The monoisotopic (exact) mass is 263 g/mol. The molecule has 18 heavy (non-hydrogen) atoms. The molecule has 0 saturated heterocycles. The molecule has 0 fully saturated rings. The largest absolute Gasteiger partial charge is 0.388 e. The fourth-order valence-corrected chi connectivity index (χ4v) is 1.46. The van der Waals surface area contributed by atoms with Gasteiger partial charge in [-0.1, -0.05) is 13.8 Å². The van der Waals surface area contributed by atoms with Crippen molar-refractivity contribution >= 4 is 0 Å².